The predicted octanol–water partition coefficient (Wildman–Crippen LogP) is 4.89. The lowest BCUT2D eigenvalue weighted by Gasteiger charge is -2.23. The molecule has 34 heavy (non-hydrogen) atoms. The standard InChI is InChI=1S/C25H27FN2O5S/c1-15-20(32-3)12-18(13-21(15)33-4)24(29)28(11-7-9-17-8-5-6-10-19(17)26)14-22-27-23(25(30)31)16(2)34-22/h5-6,8,10,12-13H,7,9,11,14H2,1-4H3,(H,30,31). The number of carbonyl (C=O) groups is 2. The molecule has 0 saturated heterocycles. The second-order valence-electron chi connectivity index (χ2n) is 7.74. The Bertz CT molecular complexity index is 1170. The van der Waals surface area contributed by atoms with E-state index in [0.29, 0.717) is 51.9 Å². The minimum atomic E-state index is -1.11. The van der Waals surface area contributed by atoms with Gasteiger partial charge in [0.05, 0.1) is 20.8 Å². The van der Waals surface area contributed by atoms with Gasteiger partial charge in [0, 0.05) is 22.5 Å². The van der Waals surface area contributed by atoms with Crippen LogP contribution in [0, 0.1) is 19.7 Å². The maximum Gasteiger partial charge on any atom is 0.355 e. The molecule has 0 spiro atoms. The van der Waals surface area contributed by atoms with Crippen LogP contribution < -0.4 is 9.47 Å². The lowest BCUT2D eigenvalue weighted by molar-refractivity contribution is 0.0690. The molecule has 3 rings (SSSR count). The minimum absolute atomic E-state index is 0.0163. The number of thiazole rings is 1. The molecule has 7 nitrogen and oxygen atoms in total. The van der Waals surface area contributed by atoms with Crippen LogP contribution in [0.15, 0.2) is 36.4 Å². The third-order valence-corrected chi connectivity index (χ3v) is 6.44. The summed E-state index contributed by atoms with van der Waals surface area (Å²) in [4.78, 5) is 31.3. The van der Waals surface area contributed by atoms with Gasteiger partial charge in [-0.05, 0) is 50.5 Å². The van der Waals surface area contributed by atoms with Gasteiger partial charge in [0.1, 0.15) is 22.3 Å². The Morgan fingerprint density at radius 1 is 1.12 bits per heavy atom. The van der Waals surface area contributed by atoms with E-state index in [9.17, 15) is 19.1 Å². The van der Waals surface area contributed by atoms with E-state index in [-0.39, 0.29) is 24.0 Å². The number of aromatic nitrogens is 1. The zero-order valence-corrected chi connectivity index (χ0v) is 20.4. The molecule has 0 aliphatic heterocycles. The second-order valence-corrected chi connectivity index (χ2v) is 9.03. The number of hydrogen-bond donors (Lipinski definition) is 1. The van der Waals surface area contributed by atoms with E-state index in [4.69, 9.17) is 9.47 Å². The van der Waals surface area contributed by atoms with Gasteiger partial charge in [-0.3, -0.25) is 4.79 Å². The number of aryl methyl sites for hydroxylation is 2. The van der Waals surface area contributed by atoms with E-state index in [1.807, 2.05) is 6.92 Å². The number of aromatic carboxylic acids is 1. The first-order valence-corrected chi connectivity index (χ1v) is 11.5. The lowest BCUT2D eigenvalue weighted by atomic mass is 10.1. The van der Waals surface area contributed by atoms with Crippen molar-refractivity contribution in [3.8, 4) is 11.5 Å². The summed E-state index contributed by atoms with van der Waals surface area (Å²) >= 11 is 1.24. The molecule has 180 valence electrons. The normalized spacial score (nSPS) is 10.7. The summed E-state index contributed by atoms with van der Waals surface area (Å²) in [6.07, 6.45) is 0.969. The number of carboxylic acids is 1. The smallest absolute Gasteiger partial charge is 0.355 e. The lowest BCUT2D eigenvalue weighted by Crippen LogP contribution is -2.32. The highest BCUT2D eigenvalue weighted by Crippen LogP contribution is 2.30. The number of hydrogen-bond acceptors (Lipinski definition) is 6. The molecule has 2 aromatic carbocycles. The Hall–Kier alpha value is -3.46. The molecule has 1 aromatic heterocycles. The zero-order valence-electron chi connectivity index (χ0n) is 19.6. The number of amides is 1. The van der Waals surface area contributed by atoms with Crippen LogP contribution in [-0.2, 0) is 13.0 Å². The third kappa shape index (κ3) is 5.72. The first-order valence-electron chi connectivity index (χ1n) is 10.7. The van der Waals surface area contributed by atoms with Gasteiger partial charge in [-0.15, -0.1) is 11.3 Å². The highest BCUT2D eigenvalue weighted by atomic mass is 32.1. The van der Waals surface area contributed by atoms with Gasteiger partial charge in [-0.25, -0.2) is 14.2 Å². The van der Waals surface area contributed by atoms with Crippen LogP contribution in [0.2, 0.25) is 0 Å². The highest BCUT2D eigenvalue weighted by molar-refractivity contribution is 7.11. The van der Waals surface area contributed by atoms with Gasteiger partial charge in [0.2, 0.25) is 0 Å². The summed E-state index contributed by atoms with van der Waals surface area (Å²) in [6.45, 7) is 3.98. The average Bonchev–Trinajstić information content (AvgIpc) is 3.19. The van der Waals surface area contributed by atoms with Gasteiger partial charge >= 0.3 is 5.97 Å². The van der Waals surface area contributed by atoms with Gasteiger partial charge in [0.25, 0.3) is 5.91 Å². The maximum atomic E-state index is 14.0. The number of rotatable bonds is 10. The zero-order chi connectivity index (χ0) is 24.8. The molecule has 0 atom stereocenters. The van der Waals surface area contributed by atoms with Crippen LogP contribution in [0.4, 0.5) is 4.39 Å². The third-order valence-electron chi connectivity index (χ3n) is 5.49. The number of benzene rings is 2. The number of carbonyl (C=O) groups excluding carboxylic acids is 1. The van der Waals surface area contributed by atoms with E-state index in [0.717, 1.165) is 5.56 Å². The van der Waals surface area contributed by atoms with Gasteiger partial charge in [-0.1, -0.05) is 18.2 Å². The van der Waals surface area contributed by atoms with E-state index >= 15 is 0 Å². The summed E-state index contributed by atoms with van der Waals surface area (Å²) in [7, 11) is 3.04. The molecule has 1 N–H and O–H groups in total. The maximum absolute atomic E-state index is 14.0. The highest BCUT2D eigenvalue weighted by Gasteiger charge is 2.22. The largest absolute Gasteiger partial charge is 0.496 e. The van der Waals surface area contributed by atoms with Crippen molar-refractivity contribution in [3.05, 3.63) is 74.5 Å². The Kier molecular flexibility index (Phi) is 8.22. The molecule has 0 aliphatic carbocycles. The van der Waals surface area contributed by atoms with Crippen LogP contribution in [0.3, 0.4) is 0 Å². The van der Waals surface area contributed by atoms with Crippen molar-refractivity contribution < 1.29 is 28.6 Å². The average molecular weight is 487 g/mol. The Labute approximate surface area is 201 Å². The summed E-state index contributed by atoms with van der Waals surface area (Å²) < 4.78 is 24.9. The van der Waals surface area contributed by atoms with E-state index in [1.54, 1.807) is 42.2 Å². The molecule has 0 aliphatic rings. The first-order chi connectivity index (χ1) is 16.2. The van der Waals surface area contributed by atoms with Gasteiger partial charge in [-0.2, -0.15) is 0 Å². The summed E-state index contributed by atoms with van der Waals surface area (Å²) in [5, 5.41) is 9.85. The van der Waals surface area contributed by atoms with Crippen LogP contribution >= 0.6 is 11.3 Å². The van der Waals surface area contributed by atoms with Crippen molar-refractivity contribution in [2.24, 2.45) is 0 Å². The Morgan fingerprint density at radius 3 is 2.32 bits per heavy atom. The van der Waals surface area contributed by atoms with E-state index < -0.39 is 5.97 Å². The molecule has 0 bridgehead atoms. The van der Waals surface area contributed by atoms with Crippen LogP contribution in [-0.4, -0.2) is 47.6 Å². The summed E-state index contributed by atoms with van der Waals surface area (Å²) in [5.74, 6) is -0.630. The fraction of sp³-hybridized carbons (Fsp3) is 0.320. The van der Waals surface area contributed by atoms with Crippen LogP contribution in [0.1, 0.15) is 48.3 Å². The second kappa shape index (κ2) is 11.1. The van der Waals surface area contributed by atoms with Crippen molar-refractivity contribution in [1.29, 1.82) is 0 Å². The fourth-order valence-electron chi connectivity index (χ4n) is 3.69. The molecule has 9 heteroatoms. The Balaban J connectivity index is 1.88. The summed E-state index contributed by atoms with van der Waals surface area (Å²) in [5.41, 5.74) is 1.70. The molecule has 1 heterocycles. The van der Waals surface area contributed by atoms with Crippen molar-refractivity contribution >= 4 is 23.2 Å². The van der Waals surface area contributed by atoms with Crippen LogP contribution in [0.25, 0.3) is 0 Å². The monoisotopic (exact) mass is 486 g/mol. The molecular weight excluding hydrogens is 459 g/mol. The number of nitrogens with zero attached hydrogens (tertiary/aromatic N) is 2. The van der Waals surface area contributed by atoms with Crippen molar-refractivity contribution in [3.63, 3.8) is 0 Å². The van der Waals surface area contributed by atoms with Gasteiger partial charge in [0.15, 0.2) is 5.69 Å². The Morgan fingerprint density at radius 2 is 1.76 bits per heavy atom. The fourth-order valence-corrected chi connectivity index (χ4v) is 4.63. The number of halogens is 1. The SMILES string of the molecule is COc1cc(C(=O)N(CCCc2ccccc2F)Cc2nc(C(=O)O)c(C)s2)cc(OC)c1C. The molecule has 1 amide bonds. The first kappa shape index (κ1) is 25.2. The molecule has 0 saturated carbocycles. The number of methoxy groups -OCH3 is 2. The number of carboxylic acid groups (broad SMARTS) is 1. The quantitative estimate of drug-likeness (QED) is 0.439. The van der Waals surface area contributed by atoms with E-state index in [2.05, 4.69) is 4.98 Å². The van der Waals surface area contributed by atoms with Crippen molar-refractivity contribution in [2.75, 3.05) is 20.8 Å². The summed E-state index contributed by atoms with van der Waals surface area (Å²) in [6, 6.07) is 9.85. The minimum Gasteiger partial charge on any atom is -0.496 e. The van der Waals surface area contributed by atoms with Crippen molar-refractivity contribution in [1.82, 2.24) is 9.88 Å². The topological polar surface area (TPSA) is 89.0 Å². The number of ether oxygens (including phenoxy) is 2. The van der Waals surface area contributed by atoms with Crippen LogP contribution in [0.5, 0.6) is 11.5 Å². The van der Waals surface area contributed by atoms with Gasteiger partial charge < -0.3 is 19.5 Å². The molecule has 0 unspecified atom stereocenters. The predicted molar refractivity (Wildman–Crippen MR) is 128 cm³/mol. The van der Waals surface area contributed by atoms with Crippen molar-refractivity contribution in [2.45, 2.75) is 33.2 Å². The molecular formula is C25H27FN2O5S. The van der Waals surface area contributed by atoms with E-state index in [1.165, 1.54) is 31.6 Å². The molecule has 0 radical (unpaired) electrons. The molecule has 3 aromatic rings. The molecule has 0 fully saturated rings.